The average molecular weight is 301 g/mol. The molecule has 1 N–H and O–H groups in total. The summed E-state index contributed by atoms with van der Waals surface area (Å²) in [4.78, 5) is 4.73. The predicted octanol–water partition coefficient (Wildman–Crippen LogP) is 4.54. The molecule has 3 heteroatoms. The summed E-state index contributed by atoms with van der Waals surface area (Å²) in [6.45, 7) is 4.47. The molecule has 3 atom stereocenters. The van der Waals surface area contributed by atoms with Gasteiger partial charge in [-0.1, -0.05) is 44.2 Å². The third kappa shape index (κ3) is 3.19. The Balaban J connectivity index is 1.75. The van der Waals surface area contributed by atoms with Crippen molar-refractivity contribution in [2.75, 3.05) is 0 Å². The van der Waals surface area contributed by atoms with Crippen LogP contribution in [0.2, 0.25) is 0 Å². The van der Waals surface area contributed by atoms with Crippen LogP contribution >= 0.6 is 11.3 Å². The Kier molecular flexibility index (Phi) is 4.14. The van der Waals surface area contributed by atoms with E-state index in [4.69, 9.17) is 4.98 Å². The standard InChI is InChI=1S/C18H23NOS/c1-13-8-9-18(20,14(2)10-13)11-17-19-16(12-21-17)15-6-4-3-5-7-15/h3-7,12-14,20H,8-11H2,1-2H3. The van der Waals surface area contributed by atoms with Crippen LogP contribution < -0.4 is 0 Å². The molecule has 0 bridgehead atoms. The first kappa shape index (κ1) is 14.7. The van der Waals surface area contributed by atoms with Gasteiger partial charge in [0.05, 0.1) is 16.3 Å². The summed E-state index contributed by atoms with van der Waals surface area (Å²) in [5, 5.41) is 14.1. The zero-order valence-electron chi connectivity index (χ0n) is 12.7. The summed E-state index contributed by atoms with van der Waals surface area (Å²) in [5.41, 5.74) is 1.60. The van der Waals surface area contributed by atoms with Crippen molar-refractivity contribution in [1.29, 1.82) is 0 Å². The molecule has 2 nitrogen and oxygen atoms in total. The van der Waals surface area contributed by atoms with Gasteiger partial charge in [-0.15, -0.1) is 11.3 Å². The SMILES string of the molecule is CC1CCC(O)(Cc2nc(-c3ccccc3)cs2)C(C)C1. The molecule has 0 amide bonds. The average Bonchev–Trinajstić information content (AvgIpc) is 2.93. The third-order valence-corrected chi connectivity index (χ3v) is 5.67. The molecule has 3 rings (SSSR count). The number of aromatic nitrogens is 1. The van der Waals surface area contributed by atoms with Crippen LogP contribution in [0.1, 0.15) is 38.1 Å². The van der Waals surface area contributed by atoms with Crippen LogP contribution in [0.4, 0.5) is 0 Å². The minimum Gasteiger partial charge on any atom is -0.389 e. The highest BCUT2D eigenvalue weighted by molar-refractivity contribution is 7.09. The van der Waals surface area contributed by atoms with Crippen LogP contribution in [0.3, 0.4) is 0 Å². The summed E-state index contributed by atoms with van der Waals surface area (Å²) in [6.07, 6.45) is 3.83. The molecule has 1 fully saturated rings. The Morgan fingerprint density at radius 3 is 2.76 bits per heavy atom. The summed E-state index contributed by atoms with van der Waals surface area (Å²) < 4.78 is 0. The fourth-order valence-corrected chi connectivity index (χ4v) is 4.26. The van der Waals surface area contributed by atoms with Crippen LogP contribution in [0.5, 0.6) is 0 Å². The lowest BCUT2D eigenvalue weighted by molar-refractivity contribution is -0.0522. The molecule has 0 aliphatic heterocycles. The van der Waals surface area contributed by atoms with Crippen LogP contribution in [-0.2, 0) is 6.42 Å². The second kappa shape index (κ2) is 5.90. The van der Waals surface area contributed by atoms with Gasteiger partial charge in [0, 0.05) is 17.4 Å². The minimum absolute atomic E-state index is 0.352. The van der Waals surface area contributed by atoms with Crippen LogP contribution in [0.25, 0.3) is 11.3 Å². The maximum Gasteiger partial charge on any atom is 0.0961 e. The van der Waals surface area contributed by atoms with Crippen molar-refractivity contribution in [3.8, 4) is 11.3 Å². The molecular formula is C18H23NOS. The first-order valence-corrected chi connectivity index (χ1v) is 8.67. The van der Waals surface area contributed by atoms with Crippen molar-refractivity contribution >= 4 is 11.3 Å². The smallest absolute Gasteiger partial charge is 0.0961 e. The first-order chi connectivity index (χ1) is 10.1. The molecule has 0 spiro atoms. The number of aliphatic hydroxyl groups is 1. The number of benzene rings is 1. The number of rotatable bonds is 3. The van der Waals surface area contributed by atoms with E-state index < -0.39 is 5.60 Å². The maximum absolute atomic E-state index is 11.0. The number of hydrogen-bond acceptors (Lipinski definition) is 3. The van der Waals surface area contributed by atoms with Gasteiger partial charge in [-0.05, 0) is 31.1 Å². The highest BCUT2D eigenvalue weighted by Gasteiger charge is 2.39. The van der Waals surface area contributed by atoms with Crippen molar-refractivity contribution < 1.29 is 5.11 Å². The fourth-order valence-electron chi connectivity index (χ4n) is 3.34. The summed E-state index contributed by atoms with van der Waals surface area (Å²) in [7, 11) is 0. The Morgan fingerprint density at radius 1 is 1.29 bits per heavy atom. The van der Waals surface area contributed by atoms with Crippen molar-refractivity contribution in [3.63, 3.8) is 0 Å². The molecule has 1 aliphatic rings. The quantitative estimate of drug-likeness (QED) is 0.903. The Morgan fingerprint density at radius 2 is 2.05 bits per heavy atom. The van der Waals surface area contributed by atoms with Gasteiger partial charge >= 0.3 is 0 Å². The highest BCUT2D eigenvalue weighted by atomic mass is 32.1. The second-order valence-corrected chi connectivity index (χ2v) is 7.50. The van der Waals surface area contributed by atoms with E-state index in [1.807, 2.05) is 18.2 Å². The molecule has 1 aromatic carbocycles. The van der Waals surface area contributed by atoms with Gasteiger partial charge in [0.1, 0.15) is 0 Å². The molecule has 1 aromatic heterocycles. The van der Waals surface area contributed by atoms with E-state index >= 15 is 0 Å². The van der Waals surface area contributed by atoms with Gasteiger partial charge in [-0.3, -0.25) is 0 Å². The number of hydrogen-bond donors (Lipinski definition) is 1. The molecule has 0 saturated heterocycles. The first-order valence-electron chi connectivity index (χ1n) is 7.79. The van der Waals surface area contributed by atoms with E-state index in [0.717, 1.165) is 41.4 Å². The summed E-state index contributed by atoms with van der Waals surface area (Å²) in [6, 6.07) is 10.3. The molecule has 2 aromatic rings. The van der Waals surface area contributed by atoms with Gasteiger partial charge in [0.2, 0.25) is 0 Å². The van der Waals surface area contributed by atoms with E-state index in [1.54, 1.807) is 11.3 Å². The van der Waals surface area contributed by atoms with Crippen molar-refractivity contribution in [2.24, 2.45) is 11.8 Å². The van der Waals surface area contributed by atoms with E-state index in [-0.39, 0.29) is 0 Å². The molecule has 112 valence electrons. The van der Waals surface area contributed by atoms with Crippen molar-refractivity contribution in [2.45, 2.75) is 45.1 Å². The molecule has 1 aliphatic carbocycles. The van der Waals surface area contributed by atoms with Gasteiger partial charge in [0.25, 0.3) is 0 Å². The van der Waals surface area contributed by atoms with Gasteiger partial charge in [-0.25, -0.2) is 4.98 Å². The Bertz CT molecular complexity index is 594. The second-order valence-electron chi connectivity index (χ2n) is 6.55. The maximum atomic E-state index is 11.0. The summed E-state index contributed by atoms with van der Waals surface area (Å²) in [5.74, 6) is 1.08. The Hall–Kier alpha value is -1.19. The van der Waals surface area contributed by atoms with E-state index in [2.05, 4.69) is 31.4 Å². The van der Waals surface area contributed by atoms with Gasteiger partial charge < -0.3 is 5.11 Å². The topological polar surface area (TPSA) is 33.1 Å². The highest BCUT2D eigenvalue weighted by Crippen LogP contribution is 2.39. The van der Waals surface area contributed by atoms with E-state index in [0.29, 0.717) is 12.3 Å². The zero-order valence-corrected chi connectivity index (χ0v) is 13.6. The van der Waals surface area contributed by atoms with E-state index in [1.165, 1.54) is 0 Å². The van der Waals surface area contributed by atoms with E-state index in [9.17, 15) is 5.11 Å². The molecule has 1 heterocycles. The Labute approximate surface area is 130 Å². The third-order valence-electron chi connectivity index (χ3n) is 4.82. The van der Waals surface area contributed by atoms with Crippen LogP contribution in [0.15, 0.2) is 35.7 Å². The molecular weight excluding hydrogens is 278 g/mol. The van der Waals surface area contributed by atoms with Crippen LogP contribution in [0, 0.1) is 11.8 Å². The molecule has 3 unspecified atom stereocenters. The molecule has 0 radical (unpaired) electrons. The van der Waals surface area contributed by atoms with Crippen molar-refractivity contribution in [3.05, 3.63) is 40.7 Å². The largest absolute Gasteiger partial charge is 0.389 e. The lowest BCUT2D eigenvalue weighted by Crippen LogP contribution is -2.43. The van der Waals surface area contributed by atoms with Gasteiger partial charge in [-0.2, -0.15) is 0 Å². The minimum atomic E-state index is -0.571. The lowest BCUT2D eigenvalue weighted by atomic mass is 9.71. The zero-order chi connectivity index (χ0) is 14.9. The fraction of sp³-hybridized carbons (Fsp3) is 0.500. The van der Waals surface area contributed by atoms with Gasteiger partial charge in [0.15, 0.2) is 0 Å². The molecule has 1 saturated carbocycles. The van der Waals surface area contributed by atoms with Crippen LogP contribution in [-0.4, -0.2) is 15.7 Å². The normalized spacial score (nSPS) is 29.5. The monoisotopic (exact) mass is 301 g/mol. The number of nitrogens with zero attached hydrogens (tertiary/aromatic N) is 1. The predicted molar refractivity (Wildman–Crippen MR) is 88.4 cm³/mol. The lowest BCUT2D eigenvalue weighted by Gasteiger charge is -2.40. The van der Waals surface area contributed by atoms with Crippen molar-refractivity contribution in [1.82, 2.24) is 4.98 Å². The molecule has 21 heavy (non-hydrogen) atoms. The summed E-state index contributed by atoms with van der Waals surface area (Å²) >= 11 is 1.67. The number of thiazole rings is 1.